The van der Waals surface area contributed by atoms with Crippen molar-refractivity contribution in [1.82, 2.24) is 4.90 Å². The van der Waals surface area contributed by atoms with E-state index in [1.807, 2.05) is 0 Å². The molecule has 1 aliphatic heterocycles. The first kappa shape index (κ1) is 11.9. The zero-order valence-electron chi connectivity index (χ0n) is 10.2. The van der Waals surface area contributed by atoms with Crippen LogP contribution in [-0.4, -0.2) is 29.8 Å². The summed E-state index contributed by atoms with van der Waals surface area (Å²) in [4.78, 5) is 13.5. The molecule has 0 unspecified atom stereocenters. The standard InChI is InChI=1S/C15H16ClNO/c16-15(18)11-5-7-17(8-6-11)10-13-9-12-3-1-2-4-14(12)13/h1-4,9,11H,5-8,10H2. The van der Waals surface area contributed by atoms with Crippen LogP contribution < -0.4 is 0 Å². The maximum Gasteiger partial charge on any atom is 0.224 e. The lowest BCUT2D eigenvalue weighted by molar-refractivity contribution is -0.116. The van der Waals surface area contributed by atoms with E-state index in [9.17, 15) is 4.79 Å². The Balaban J connectivity index is 1.56. The highest BCUT2D eigenvalue weighted by molar-refractivity contribution is 6.63. The molecule has 3 rings (SSSR count). The molecule has 0 N–H and O–H groups in total. The molecule has 0 aromatic heterocycles. The molecule has 0 bridgehead atoms. The molecule has 2 aliphatic rings. The Hall–Kier alpha value is -1.12. The average molecular weight is 262 g/mol. The molecular formula is C15H16ClNO. The van der Waals surface area contributed by atoms with E-state index < -0.39 is 0 Å². The van der Waals surface area contributed by atoms with Crippen LogP contribution in [0, 0.1) is 5.92 Å². The number of rotatable bonds is 3. The molecule has 0 atom stereocenters. The SMILES string of the molecule is O=C(Cl)C1CCN(CC2=Cc3ccccc32)CC1. The summed E-state index contributed by atoms with van der Waals surface area (Å²) in [5, 5.41) is -0.164. The molecule has 94 valence electrons. The third-order valence-corrected chi connectivity index (χ3v) is 4.25. The normalized spacial score (nSPS) is 19.9. The van der Waals surface area contributed by atoms with Crippen molar-refractivity contribution in [3.05, 3.63) is 35.4 Å². The van der Waals surface area contributed by atoms with E-state index >= 15 is 0 Å². The van der Waals surface area contributed by atoms with Gasteiger partial charge in [0.05, 0.1) is 0 Å². The topological polar surface area (TPSA) is 20.3 Å². The highest BCUT2D eigenvalue weighted by atomic mass is 35.5. The Morgan fingerprint density at radius 2 is 2.00 bits per heavy atom. The summed E-state index contributed by atoms with van der Waals surface area (Å²) in [5.74, 6) is 0.0746. The monoisotopic (exact) mass is 261 g/mol. The largest absolute Gasteiger partial charge is 0.299 e. The van der Waals surface area contributed by atoms with Crippen molar-refractivity contribution in [3.63, 3.8) is 0 Å². The highest BCUT2D eigenvalue weighted by Crippen LogP contribution is 2.33. The van der Waals surface area contributed by atoms with Crippen molar-refractivity contribution in [2.45, 2.75) is 12.8 Å². The third-order valence-electron chi connectivity index (χ3n) is 3.94. The molecule has 0 radical (unpaired) electrons. The number of carbonyl (C=O) groups excluding carboxylic acids is 1. The van der Waals surface area contributed by atoms with Gasteiger partial charge in [-0.2, -0.15) is 0 Å². The molecule has 3 heteroatoms. The van der Waals surface area contributed by atoms with E-state index in [1.165, 1.54) is 16.7 Å². The van der Waals surface area contributed by atoms with Gasteiger partial charge in [-0.15, -0.1) is 0 Å². The van der Waals surface area contributed by atoms with Crippen LogP contribution in [0.1, 0.15) is 24.0 Å². The van der Waals surface area contributed by atoms with Crippen LogP contribution in [0.4, 0.5) is 0 Å². The molecule has 1 fully saturated rings. The summed E-state index contributed by atoms with van der Waals surface area (Å²) in [6, 6.07) is 8.49. The number of carbonyl (C=O) groups is 1. The first-order valence-corrected chi connectivity index (χ1v) is 6.83. The van der Waals surface area contributed by atoms with Gasteiger partial charge in [-0.25, -0.2) is 0 Å². The molecule has 1 aliphatic carbocycles. The molecule has 0 saturated carbocycles. The highest BCUT2D eigenvalue weighted by Gasteiger charge is 2.25. The van der Waals surface area contributed by atoms with E-state index in [0.717, 1.165) is 32.5 Å². The van der Waals surface area contributed by atoms with Gasteiger partial charge in [0.25, 0.3) is 0 Å². The second kappa shape index (κ2) is 4.87. The van der Waals surface area contributed by atoms with Gasteiger partial charge in [0.1, 0.15) is 0 Å². The fourth-order valence-electron chi connectivity index (χ4n) is 2.79. The van der Waals surface area contributed by atoms with Gasteiger partial charge >= 0.3 is 0 Å². The van der Waals surface area contributed by atoms with Crippen LogP contribution in [0.25, 0.3) is 11.6 Å². The van der Waals surface area contributed by atoms with Crippen LogP contribution in [0.3, 0.4) is 0 Å². The number of fused-ring (bicyclic) bond motifs is 1. The van der Waals surface area contributed by atoms with Crippen LogP contribution in [0.5, 0.6) is 0 Å². The first-order chi connectivity index (χ1) is 8.74. The van der Waals surface area contributed by atoms with Crippen molar-refractivity contribution >= 4 is 28.5 Å². The van der Waals surface area contributed by atoms with E-state index in [-0.39, 0.29) is 11.2 Å². The van der Waals surface area contributed by atoms with Crippen molar-refractivity contribution in [2.75, 3.05) is 19.6 Å². The number of hydrogen-bond acceptors (Lipinski definition) is 2. The number of likely N-dealkylation sites (tertiary alicyclic amines) is 1. The minimum absolute atomic E-state index is 0.0746. The summed E-state index contributed by atoms with van der Waals surface area (Å²) in [6.45, 7) is 2.95. The number of nitrogens with zero attached hydrogens (tertiary/aromatic N) is 1. The molecular weight excluding hydrogens is 246 g/mol. The van der Waals surface area contributed by atoms with E-state index in [0.29, 0.717) is 0 Å². The minimum atomic E-state index is -0.164. The summed E-state index contributed by atoms with van der Waals surface area (Å²) < 4.78 is 0. The molecule has 0 amide bonds. The molecule has 1 saturated heterocycles. The number of piperidine rings is 1. The second-order valence-corrected chi connectivity index (χ2v) is 5.48. The van der Waals surface area contributed by atoms with Gasteiger partial charge in [0, 0.05) is 12.5 Å². The van der Waals surface area contributed by atoms with Gasteiger partial charge in [0.15, 0.2) is 0 Å². The minimum Gasteiger partial charge on any atom is -0.299 e. The smallest absolute Gasteiger partial charge is 0.224 e. The summed E-state index contributed by atoms with van der Waals surface area (Å²) in [7, 11) is 0. The van der Waals surface area contributed by atoms with Crippen molar-refractivity contribution in [3.8, 4) is 0 Å². The lowest BCUT2D eigenvalue weighted by Crippen LogP contribution is -2.36. The van der Waals surface area contributed by atoms with Crippen molar-refractivity contribution in [2.24, 2.45) is 5.92 Å². The van der Waals surface area contributed by atoms with Crippen LogP contribution in [0.2, 0.25) is 0 Å². The summed E-state index contributed by atoms with van der Waals surface area (Å²) in [6.07, 6.45) is 4.06. The molecule has 1 aromatic rings. The molecule has 2 nitrogen and oxygen atoms in total. The Labute approximate surface area is 112 Å². The van der Waals surface area contributed by atoms with Crippen LogP contribution in [0.15, 0.2) is 24.3 Å². The van der Waals surface area contributed by atoms with E-state index in [1.54, 1.807) is 0 Å². The van der Waals surface area contributed by atoms with E-state index in [4.69, 9.17) is 11.6 Å². The van der Waals surface area contributed by atoms with Gasteiger partial charge in [-0.3, -0.25) is 9.69 Å². The molecule has 1 heterocycles. The fourth-order valence-corrected chi connectivity index (χ4v) is 3.01. The number of hydrogen-bond donors (Lipinski definition) is 0. The predicted octanol–water partition coefficient (Wildman–Crippen LogP) is 3.02. The predicted molar refractivity (Wildman–Crippen MR) is 74.3 cm³/mol. The second-order valence-electron chi connectivity index (χ2n) is 5.11. The number of benzene rings is 1. The van der Waals surface area contributed by atoms with Crippen LogP contribution in [-0.2, 0) is 4.79 Å². The molecule has 0 spiro atoms. The Bertz CT molecular complexity index is 501. The molecule has 18 heavy (non-hydrogen) atoms. The fraction of sp³-hybridized carbons (Fsp3) is 0.400. The van der Waals surface area contributed by atoms with Gasteiger partial charge < -0.3 is 0 Å². The van der Waals surface area contributed by atoms with E-state index in [2.05, 4.69) is 35.2 Å². The summed E-state index contributed by atoms with van der Waals surface area (Å²) in [5.41, 5.74) is 4.15. The maximum absolute atomic E-state index is 11.1. The summed E-state index contributed by atoms with van der Waals surface area (Å²) >= 11 is 5.55. The zero-order chi connectivity index (χ0) is 12.5. The quantitative estimate of drug-likeness (QED) is 0.780. The maximum atomic E-state index is 11.1. The Morgan fingerprint density at radius 1 is 1.28 bits per heavy atom. The lowest BCUT2D eigenvalue weighted by atomic mass is 9.87. The van der Waals surface area contributed by atoms with Gasteiger partial charge in [0.2, 0.25) is 5.24 Å². The lowest BCUT2D eigenvalue weighted by Gasteiger charge is -2.33. The Kier molecular flexibility index (Phi) is 3.23. The van der Waals surface area contributed by atoms with Crippen molar-refractivity contribution < 1.29 is 4.79 Å². The van der Waals surface area contributed by atoms with Gasteiger partial charge in [-0.05, 0) is 60.3 Å². The van der Waals surface area contributed by atoms with Gasteiger partial charge in [-0.1, -0.05) is 24.3 Å². The molecule has 1 aromatic carbocycles. The third kappa shape index (κ3) is 2.23. The van der Waals surface area contributed by atoms with Crippen molar-refractivity contribution in [1.29, 1.82) is 0 Å². The average Bonchev–Trinajstić information content (AvgIpc) is 2.36. The number of halogens is 1. The Morgan fingerprint density at radius 3 is 2.67 bits per heavy atom. The first-order valence-electron chi connectivity index (χ1n) is 6.46. The van der Waals surface area contributed by atoms with Crippen LogP contribution >= 0.6 is 11.6 Å². The zero-order valence-corrected chi connectivity index (χ0v) is 11.0.